The van der Waals surface area contributed by atoms with Gasteiger partial charge >= 0.3 is 0 Å². The predicted molar refractivity (Wildman–Crippen MR) is 89.1 cm³/mol. The summed E-state index contributed by atoms with van der Waals surface area (Å²) in [5.74, 6) is 0.744. The Hall–Kier alpha value is -1.86. The first-order chi connectivity index (χ1) is 10.9. The van der Waals surface area contributed by atoms with E-state index >= 15 is 0 Å². The van der Waals surface area contributed by atoms with E-state index in [1.54, 1.807) is 15.9 Å². The number of rotatable bonds is 1. The molecule has 1 aliphatic rings. The van der Waals surface area contributed by atoms with E-state index in [2.05, 4.69) is 28.9 Å². The summed E-state index contributed by atoms with van der Waals surface area (Å²) in [6, 6.07) is 0. The van der Waals surface area contributed by atoms with Gasteiger partial charge in [-0.05, 0) is 32.8 Å². The Balaban J connectivity index is 2.13. The van der Waals surface area contributed by atoms with E-state index in [1.807, 2.05) is 13.8 Å². The minimum absolute atomic E-state index is 0.222. The average Bonchev–Trinajstić information content (AvgIpc) is 2.83. The van der Waals surface area contributed by atoms with Crippen LogP contribution in [0.15, 0.2) is 4.79 Å². The molecular weight excluding hydrogens is 312 g/mol. The van der Waals surface area contributed by atoms with E-state index < -0.39 is 0 Å². The average molecular weight is 330 g/mol. The molecule has 0 N–H and O–H groups in total. The van der Waals surface area contributed by atoms with Gasteiger partial charge in [0.15, 0.2) is 5.65 Å². The van der Waals surface area contributed by atoms with Crippen molar-refractivity contribution >= 4 is 27.2 Å². The van der Waals surface area contributed by atoms with Crippen molar-refractivity contribution in [2.75, 3.05) is 0 Å². The van der Waals surface area contributed by atoms with Crippen LogP contribution in [0.25, 0.3) is 15.9 Å². The molecule has 3 aromatic heterocycles. The van der Waals surface area contributed by atoms with Gasteiger partial charge in [-0.3, -0.25) is 4.79 Å². The van der Waals surface area contributed by atoms with Gasteiger partial charge in [0.25, 0.3) is 5.56 Å². The molecule has 0 saturated carbocycles. The molecule has 0 amide bonds. The standard InChI is InChI=1S/C16H18N4O2S/c1-5-10-14(21)18-13-12-9-6-16(3,4)22-7-11(9)23-15(12)17-8(2)20(13)19-10/h5-7H2,1-4H3. The summed E-state index contributed by atoms with van der Waals surface area (Å²) in [5, 5.41) is 5.42. The summed E-state index contributed by atoms with van der Waals surface area (Å²) in [6.45, 7) is 8.54. The third-order valence-electron chi connectivity index (χ3n) is 4.27. The lowest BCUT2D eigenvalue weighted by Gasteiger charge is -2.30. The van der Waals surface area contributed by atoms with Gasteiger partial charge in [-0.2, -0.15) is 10.1 Å². The highest BCUT2D eigenvalue weighted by Gasteiger charge is 2.31. The maximum absolute atomic E-state index is 12.2. The minimum atomic E-state index is -0.245. The quantitative estimate of drug-likeness (QED) is 0.685. The SMILES string of the molecule is CCc1nn2c(C)nc3sc4c(c3c2nc1=O)CC(C)(C)OC4. The van der Waals surface area contributed by atoms with Crippen LogP contribution in [0.3, 0.4) is 0 Å². The number of aryl methyl sites for hydroxylation is 2. The number of fused-ring (bicyclic) bond motifs is 5. The first-order valence-electron chi connectivity index (χ1n) is 7.74. The van der Waals surface area contributed by atoms with Gasteiger partial charge in [0.05, 0.1) is 17.6 Å². The number of aromatic nitrogens is 4. The van der Waals surface area contributed by atoms with Crippen LogP contribution in [0.5, 0.6) is 0 Å². The lowest BCUT2D eigenvalue weighted by molar-refractivity contribution is -0.0379. The van der Waals surface area contributed by atoms with Crippen LogP contribution in [0, 0.1) is 6.92 Å². The molecule has 120 valence electrons. The number of hydrogen-bond acceptors (Lipinski definition) is 6. The van der Waals surface area contributed by atoms with Gasteiger partial charge in [0, 0.05) is 11.3 Å². The van der Waals surface area contributed by atoms with E-state index in [9.17, 15) is 4.79 Å². The van der Waals surface area contributed by atoms with Crippen LogP contribution < -0.4 is 5.56 Å². The minimum Gasteiger partial charge on any atom is -0.370 e. The zero-order chi connectivity index (χ0) is 16.4. The predicted octanol–water partition coefficient (Wildman–Crippen LogP) is 2.42. The van der Waals surface area contributed by atoms with Crippen molar-refractivity contribution in [2.45, 2.75) is 52.7 Å². The lowest BCUT2D eigenvalue weighted by atomic mass is 9.94. The lowest BCUT2D eigenvalue weighted by Crippen LogP contribution is -2.31. The van der Waals surface area contributed by atoms with E-state index in [0.717, 1.165) is 22.5 Å². The van der Waals surface area contributed by atoms with E-state index in [0.29, 0.717) is 24.4 Å². The summed E-state index contributed by atoms with van der Waals surface area (Å²) >= 11 is 1.63. The second kappa shape index (κ2) is 4.82. The summed E-state index contributed by atoms with van der Waals surface area (Å²) in [7, 11) is 0. The molecule has 4 rings (SSSR count). The Morgan fingerprint density at radius 1 is 1.35 bits per heavy atom. The molecule has 0 unspecified atom stereocenters. The van der Waals surface area contributed by atoms with Gasteiger partial charge in [0.2, 0.25) is 0 Å². The maximum Gasteiger partial charge on any atom is 0.295 e. The molecule has 1 aliphatic heterocycles. The molecule has 0 aliphatic carbocycles. The highest BCUT2D eigenvalue weighted by molar-refractivity contribution is 7.19. The van der Waals surface area contributed by atoms with Crippen molar-refractivity contribution in [3.8, 4) is 0 Å². The Labute approximate surface area is 137 Å². The highest BCUT2D eigenvalue weighted by Crippen LogP contribution is 2.39. The normalized spacial score (nSPS) is 16.9. The molecule has 0 saturated heterocycles. The summed E-state index contributed by atoms with van der Waals surface area (Å²) in [5.41, 5.74) is 1.82. The molecule has 3 aromatic rings. The molecule has 4 heterocycles. The number of nitrogens with zero attached hydrogens (tertiary/aromatic N) is 4. The van der Waals surface area contributed by atoms with Crippen molar-refractivity contribution in [1.82, 2.24) is 19.6 Å². The van der Waals surface area contributed by atoms with Crippen molar-refractivity contribution in [2.24, 2.45) is 0 Å². The second-order valence-corrected chi connectivity index (χ2v) is 7.60. The molecular formula is C16H18N4O2S. The fraction of sp³-hybridized carbons (Fsp3) is 0.500. The third-order valence-corrected chi connectivity index (χ3v) is 5.37. The van der Waals surface area contributed by atoms with Crippen LogP contribution in [0.2, 0.25) is 0 Å². The fourth-order valence-corrected chi connectivity index (χ4v) is 4.21. The second-order valence-electron chi connectivity index (χ2n) is 6.52. The monoisotopic (exact) mass is 330 g/mol. The van der Waals surface area contributed by atoms with Gasteiger partial charge < -0.3 is 4.74 Å². The van der Waals surface area contributed by atoms with Crippen LogP contribution in [-0.4, -0.2) is 25.2 Å². The van der Waals surface area contributed by atoms with Gasteiger partial charge in [-0.15, -0.1) is 11.3 Å². The Bertz CT molecular complexity index is 1000. The van der Waals surface area contributed by atoms with Crippen molar-refractivity contribution in [3.63, 3.8) is 0 Å². The summed E-state index contributed by atoms with van der Waals surface area (Å²) in [6.07, 6.45) is 1.35. The number of thiophene rings is 1. The van der Waals surface area contributed by atoms with Crippen LogP contribution in [0.1, 0.15) is 42.7 Å². The van der Waals surface area contributed by atoms with Crippen LogP contribution in [-0.2, 0) is 24.2 Å². The van der Waals surface area contributed by atoms with E-state index in [4.69, 9.17) is 4.74 Å². The van der Waals surface area contributed by atoms with Crippen molar-refractivity contribution < 1.29 is 4.74 Å². The van der Waals surface area contributed by atoms with Gasteiger partial charge in [-0.25, -0.2) is 9.50 Å². The van der Waals surface area contributed by atoms with E-state index in [-0.39, 0.29) is 11.2 Å². The number of ether oxygens (including phenoxy) is 1. The maximum atomic E-state index is 12.2. The van der Waals surface area contributed by atoms with Gasteiger partial charge in [-0.1, -0.05) is 6.92 Å². The van der Waals surface area contributed by atoms with Crippen LogP contribution in [0.4, 0.5) is 0 Å². The van der Waals surface area contributed by atoms with Crippen molar-refractivity contribution in [1.29, 1.82) is 0 Å². The fourth-order valence-electron chi connectivity index (χ4n) is 3.07. The Morgan fingerprint density at radius 2 is 2.13 bits per heavy atom. The summed E-state index contributed by atoms with van der Waals surface area (Å²) in [4.78, 5) is 23.3. The smallest absolute Gasteiger partial charge is 0.295 e. The summed E-state index contributed by atoms with van der Waals surface area (Å²) < 4.78 is 7.61. The Kier molecular flexibility index (Phi) is 3.08. The molecule has 7 heteroatoms. The first kappa shape index (κ1) is 14.7. The van der Waals surface area contributed by atoms with E-state index in [1.165, 1.54) is 10.4 Å². The molecule has 0 atom stereocenters. The van der Waals surface area contributed by atoms with Gasteiger partial charge in [0.1, 0.15) is 16.3 Å². The molecule has 23 heavy (non-hydrogen) atoms. The van der Waals surface area contributed by atoms with Crippen molar-refractivity contribution in [3.05, 3.63) is 32.3 Å². The molecule has 6 nitrogen and oxygen atoms in total. The van der Waals surface area contributed by atoms with Crippen LogP contribution >= 0.6 is 11.3 Å². The molecule has 0 aromatic carbocycles. The number of hydrogen-bond donors (Lipinski definition) is 0. The third kappa shape index (κ3) is 2.18. The zero-order valence-electron chi connectivity index (χ0n) is 13.6. The largest absolute Gasteiger partial charge is 0.370 e. The first-order valence-corrected chi connectivity index (χ1v) is 8.56. The molecule has 0 bridgehead atoms. The highest BCUT2D eigenvalue weighted by atomic mass is 32.1. The molecule has 0 spiro atoms. The molecule has 0 radical (unpaired) electrons. The zero-order valence-corrected chi connectivity index (χ0v) is 14.5. The molecule has 0 fully saturated rings. The Morgan fingerprint density at radius 3 is 2.87 bits per heavy atom. The topological polar surface area (TPSA) is 69.4 Å².